The number of rotatable bonds is 9. The van der Waals surface area contributed by atoms with Crippen LogP contribution in [0.2, 0.25) is 0 Å². The standard InChI is InChI=1S/C13H28NO6PS/c1-6-10(2)20-21(17,18)9-22-8-11(7-15)14-12(16)19-13(3,4)5/h10-11,15H,6-9H2,1-5H3,(H,14,16)(H,17,18). The number of hydrogen-bond acceptors (Lipinski definition) is 6. The van der Waals surface area contributed by atoms with Gasteiger partial charge in [0.15, 0.2) is 0 Å². The average Bonchev–Trinajstić information content (AvgIpc) is 2.34. The number of nitrogens with one attached hydrogen (secondary N) is 1. The second-order valence-electron chi connectivity index (χ2n) is 5.99. The van der Waals surface area contributed by atoms with Crippen LogP contribution in [-0.4, -0.2) is 51.7 Å². The molecule has 0 fully saturated rings. The predicted molar refractivity (Wildman–Crippen MR) is 88.2 cm³/mol. The van der Waals surface area contributed by atoms with E-state index in [1.54, 1.807) is 27.7 Å². The van der Waals surface area contributed by atoms with Gasteiger partial charge in [0.05, 0.1) is 24.2 Å². The van der Waals surface area contributed by atoms with Crippen LogP contribution in [0, 0.1) is 0 Å². The van der Waals surface area contributed by atoms with Gasteiger partial charge in [-0.25, -0.2) is 4.79 Å². The summed E-state index contributed by atoms with van der Waals surface area (Å²) < 4.78 is 22.0. The van der Waals surface area contributed by atoms with Crippen molar-refractivity contribution in [3.05, 3.63) is 0 Å². The van der Waals surface area contributed by atoms with Gasteiger partial charge < -0.3 is 24.6 Å². The fourth-order valence-electron chi connectivity index (χ4n) is 1.31. The van der Waals surface area contributed by atoms with Crippen molar-refractivity contribution in [3.63, 3.8) is 0 Å². The first-order chi connectivity index (χ1) is 9.99. The Labute approximate surface area is 136 Å². The number of carbonyl (C=O) groups excluding carboxylic acids is 1. The number of hydrogen-bond donors (Lipinski definition) is 3. The number of ether oxygens (including phenoxy) is 1. The summed E-state index contributed by atoms with van der Waals surface area (Å²) in [5.41, 5.74) is -0.716. The van der Waals surface area contributed by atoms with Gasteiger partial charge >= 0.3 is 13.7 Å². The number of aliphatic hydroxyl groups is 1. The minimum absolute atomic E-state index is 0.0934. The van der Waals surface area contributed by atoms with E-state index in [9.17, 15) is 19.4 Å². The molecule has 1 amide bonds. The number of carbonyl (C=O) groups is 1. The maximum atomic E-state index is 11.8. The Balaban J connectivity index is 4.20. The van der Waals surface area contributed by atoms with Gasteiger partial charge in [0, 0.05) is 5.75 Å². The molecular formula is C13H28NO6PS. The summed E-state index contributed by atoms with van der Waals surface area (Å²) in [4.78, 5) is 21.3. The Morgan fingerprint density at radius 1 is 1.41 bits per heavy atom. The van der Waals surface area contributed by atoms with E-state index in [4.69, 9.17) is 9.26 Å². The van der Waals surface area contributed by atoms with E-state index in [1.807, 2.05) is 6.92 Å². The predicted octanol–water partition coefficient (Wildman–Crippen LogP) is 2.56. The highest BCUT2D eigenvalue weighted by Gasteiger charge is 2.24. The Hall–Kier alpha value is -0.270. The minimum Gasteiger partial charge on any atom is -0.444 e. The lowest BCUT2D eigenvalue weighted by Crippen LogP contribution is -2.42. The minimum atomic E-state index is -3.66. The molecule has 3 N–H and O–H groups in total. The summed E-state index contributed by atoms with van der Waals surface area (Å²) in [5, 5.41) is 11.8. The first-order valence-electron chi connectivity index (χ1n) is 7.17. The first-order valence-corrected chi connectivity index (χ1v) is 10.1. The lowest BCUT2D eigenvalue weighted by Gasteiger charge is -2.23. The summed E-state index contributed by atoms with van der Waals surface area (Å²) >= 11 is 1.14. The summed E-state index contributed by atoms with van der Waals surface area (Å²) in [5.74, 6) is 0.282. The van der Waals surface area contributed by atoms with Crippen LogP contribution >= 0.6 is 19.4 Å². The van der Waals surface area contributed by atoms with E-state index in [-0.39, 0.29) is 24.0 Å². The second-order valence-corrected chi connectivity index (χ2v) is 9.25. The van der Waals surface area contributed by atoms with Crippen molar-refractivity contribution < 1.29 is 28.6 Å². The number of thioether (sulfide) groups is 1. The van der Waals surface area contributed by atoms with E-state index in [2.05, 4.69) is 5.32 Å². The summed E-state index contributed by atoms with van der Waals surface area (Å²) in [6.45, 7) is 8.53. The van der Waals surface area contributed by atoms with Crippen LogP contribution in [0.1, 0.15) is 41.0 Å². The first kappa shape index (κ1) is 21.7. The second kappa shape index (κ2) is 9.78. The van der Waals surface area contributed by atoms with Gasteiger partial charge in [-0.1, -0.05) is 6.92 Å². The molecule has 0 rings (SSSR count). The van der Waals surface area contributed by atoms with Crippen LogP contribution in [0.15, 0.2) is 0 Å². The van der Waals surface area contributed by atoms with Gasteiger partial charge in [-0.3, -0.25) is 4.57 Å². The molecule has 0 bridgehead atoms. The molecule has 0 heterocycles. The van der Waals surface area contributed by atoms with Gasteiger partial charge in [0.25, 0.3) is 0 Å². The monoisotopic (exact) mass is 357 g/mol. The molecule has 0 aliphatic rings. The summed E-state index contributed by atoms with van der Waals surface area (Å²) in [7, 11) is -3.66. The molecule has 22 heavy (non-hydrogen) atoms. The van der Waals surface area contributed by atoms with E-state index in [0.717, 1.165) is 11.8 Å². The van der Waals surface area contributed by atoms with E-state index in [0.29, 0.717) is 6.42 Å². The molecule has 0 aromatic carbocycles. The van der Waals surface area contributed by atoms with E-state index >= 15 is 0 Å². The van der Waals surface area contributed by atoms with Crippen molar-refractivity contribution in [3.8, 4) is 0 Å². The third kappa shape index (κ3) is 11.3. The molecule has 0 aromatic heterocycles. The molecular weight excluding hydrogens is 329 g/mol. The van der Waals surface area contributed by atoms with Crippen molar-refractivity contribution in [1.82, 2.24) is 5.32 Å². The van der Waals surface area contributed by atoms with Gasteiger partial charge in [-0.2, -0.15) is 0 Å². The fourth-order valence-corrected chi connectivity index (χ4v) is 4.08. The molecule has 0 radical (unpaired) electrons. The third-order valence-corrected chi connectivity index (χ3v) is 5.80. The summed E-state index contributed by atoms with van der Waals surface area (Å²) in [6, 6.07) is -0.552. The Kier molecular flexibility index (Phi) is 9.66. The van der Waals surface area contributed by atoms with Crippen LogP contribution in [0.25, 0.3) is 0 Å². The average molecular weight is 357 g/mol. The molecule has 0 spiro atoms. The SMILES string of the molecule is CCC(C)OP(=O)(O)CSCC(CO)NC(=O)OC(C)(C)C. The van der Waals surface area contributed by atoms with Gasteiger partial charge in [-0.05, 0) is 34.1 Å². The molecule has 0 saturated carbocycles. The van der Waals surface area contributed by atoms with Crippen molar-refractivity contribution in [1.29, 1.82) is 0 Å². The smallest absolute Gasteiger partial charge is 0.407 e. The molecule has 3 unspecified atom stereocenters. The largest absolute Gasteiger partial charge is 0.444 e. The fraction of sp³-hybridized carbons (Fsp3) is 0.923. The molecule has 0 saturated heterocycles. The third-order valence-electron chi connectivity index (χ3n) is 2.43. The van der Waals surface area contributed by atoms with E-state index in [1.165, 1.54) is 0 Å². The van der Waals surface area contributed by atoms with Crippen molar-refractivity contribution in [2.24, 2.45) is 0 Å². The van der Waals surface area contributed by atoms with Crippen LogP contribution in [0.4, 0.5) is 4.79 Å². The molecule has 132 valence electrons. The number of alkyl carbamates (subject to hydrolysis) is 1. The Bertz CT molecular complexity index is 387. The zero-order valence-electron chi connectivity index (χ0n) is 13.9. The van der Waals surface area contributed by atoms with Crippen LogP contribution in [0.3, 0.4) is 0 Å². The summed E-state index contributed by atoms with van der Waals surface area (Å²) in [6.07, 6.45) is -0.269. The molecule has 7 nitrogen and oxygen atoms in total. The highest BCUT2D eigenvalue weighted by Crippen LogP contribution is 2.46. The van der Waals surface area contributed by atoms with Crippen LogP contribution in [-0.2, 0) is 13.8 Å². The van der Waals surface area contributed by atoms with Gasteiger partial charge in [0.1, 0.15) is 5.60 Å². The normalized spacial score (nSPS) is 17.4. The lowest BCUT2D eigenvalue weighted by molar-refractivity contribution is 0.0491. The zero-order valence-corrected chi connectivity index (χ0v) is 15.6. The van der Waals surface area contributed by atoms with Crippen LogP contribution < -0.4 is 5.32 Å². The Morgan fingerprint density at radius 2 is 2.00 bits per heavy atom. The highest BCUT2D eigenvalue weighted by molar-refractivity contribution is 8.04. The van der Waals surface area contributed by atoms with E-state index < -0.39 is 25.3 Å². The van der Waals surface area contributed by atoms with Crippen molar-refractivity contribution in [2.75, 3.05) is 17.9 Å². The van der Waals surface area contributed by atoms with Gasteiger partial charge in [-0.15, -0.1) is 11.8 Å². The maximum absolute atomic E-state index is 11.8. The zero-order chi connectivity index (χ0) is 17.4. The maximum Gasteiger partial charge on any atom is 0.407 e. The highest BCUT2D eigenvalue weighted by atomic mass is 32.2. The van der Waals surface area contributed by atoms with Crippen molar-refractivity contribution >= 4 is 25.5 Å². The Morgan fingerprint density at radius 3 is 2.45 bits per heavy atom. The molecule has 0 aromatic rings. The molecule has 9 heteroatoms. The van der Waals surface area contributed by atoms with Gasteiger partial charge in [0.2, 0.25) is 0 Å². The van der Waals surface area contributed by atoms with Crippen molar-refractivity contribution in [2.45, 2.75) is 58.8 Å². The lowest BCUT2D eigenvalue weighted by atomic mass is 10.2. The topological polar surface area (TPSA) is 105 Å². The molecule has 0 aliphatic carbocycles. The van der Waals surface area contributed by atoms with Crippen LogP contribution in [0.5, 0.6) is 0 Å². The molecule has 3 atom stereocenters. The number of aliphatic hydroxyl groups excluding tert-OH is 1. The number of amides is 1. The quantitative estimate of drug-likeness (QED) is 0.545. The molecule has 0 aliphatic heterocycles.